The Bertz CT molecular complexity index is 583. The molecule has 0 radical (unpaired) electrons. The van der Waals surface area contributed by atoms with Crippen LogP contribution < -0.4 is 16.2 Å². The molecule has 94 valence electrons. The summed E-state index contributed by atoms with van der Waals surface area (Å²) < 4.78 is 6.58. The number of hydrogen-bond acceptors (Lipinski definition) is 4. The Kier molecular flexibility index (Phi) is 3.88. The zero-order valence-electron chi connectivity index (χ0n) is 9.35. The van der Waals surface area contributed by atoms with Crippen molar-refractivity contribution in [2.75, 3.05) is 5.73 Å². The van der Waals surface area contributed by atoms with E-state index >= 15 is 0 Å². The Balaban J connectivity index is 2.24. The van der Waals surface area contributed by atoms with Gasteiger partial charge in [-0.25, -0.2) is 0 Å². The number of benzene rings is 1. The predicted octanol–water partition coefficient (Wildman–Crippen LogP) is 2.77. The zero-order valence-corrected chi connectivity index (χ0v) is 11.8. The largest absolute Gasteiger partial charge is 0.485 e. The van der Waals surface area contributed by atoms with E-state index in [4.69, 9.17) is 16.2 Å². The molecule has 2 aromatic rings. The fourth-order valence-corrected chi connectivity index (χ4v) is 2.85. The molecule has 1 amide bonds. The summed E-state index contributed by atoms with van der Waals surface area (Å²) in [6.45, 7) is 0.340. The first kappa shape index (κ1) is 12.9. The van der Waals surface area contributed by atoms with Gasteiger partial charge in [-0.15, -0.1) is 11.3 Å². The van der Waals surface area contributed by atoms with Crippen LogP contribution >= 0.6 is 27.3 Å². The summed E-state index contributed by atoms with van der Waals surface area (Å²) in [5, 5.41) is 1.95. The number of carbonyl (C=O) groups excluding carboxylic acids is 1. The summed E-state index contributed by atoms with van der Waals surface area (Å²) in [5.74, 6) is -0.215. The Hall–Kier alpha value is -1.53. The molecule has 0 atom stereocenters. The van der Waals surface area contributed by atoms with Crippen molar-refractivity contribution in [2.24, 2.45) is 5.73 Å². The van der Waals surface area contributed by atoms with Gasteiger partial charge in [-0.05, 0) is 39.5 Å². The molecule has 4 N–H and O–H groups in total. The first-order chi connectivity index (χ1) is 8.59. The molecule has 2 rings (SSSR count). The third-order valence-electron chi connectivity index (χ3n) is 2.35. The highest BCUT2D eigenvalue weighted by atomic mass is 79.9. The Morgan fingerprint density at radius 2 is 2.17 bits per heavy atom. The highest BCUT2D eigenvalue weighted by molar-refractivity contribution is 9.10. The van der Waals surface area contributed by atoms with Crippen LogP contribution in [0.2, 0.25) is 0 Å². The fraction of sp³-hybridized carbons (Fsp3) is 0.0833. The minimum Gasteiger partial charge on any atom is -0.485 e. The molecule has 4 nitrogen and oxygen atoms in total. The minimum atomic E-state index is -0.553. The van der Waals surface area contributed by atoms with Gasteiger partial charge in [0.15, 0.2) is 5.75 Å². The lowest BCUT2D eigenvalue weighted by atomic mass is 10.1. The second kappa shape index (κ2) is 5.41. The van der Waals surface area contributed by atoms with E-state index < -0.39 is 5.91 Å². The standard InChI is InChI=1S/C12H11BrN2O2S/c13-8-4-5-18-10(8)6-17-11-7(12(15)16)2-1-3-9(11)14/h1-5H,6,14H2,(H2,15,16). The molecular weight excluding hydrogens is 316 g/mol. The highest BCUT2D eigenvalue weighted by Crippen LogP contribution is 2.29. The van der Waals surface area contributed by atoms with E-state index in [-0.39, 0.29) is 0 Å². The van der Waals surface area contributed by atoms with Gasteiger partial charge >= 0.3 is 0 Å². The second-order valence-corrected chi connectivity index (χ2v) is 5.42. The summed E-state index contributed by atoms with van der Waals surface area (Å²) in [7, 11) is 0. The summed E-state index contributed by atoms with van der Waals surface area (Å²) in [5.41, 5.74) is 11.8. The monoisotopic (exact) mass is 326 g/mol. The van der Waals surface area contributed by atoms with E-state index in [2.05, 4.69) is 15.9 Å². The van der Waals surface area contributed by atoms with Crippen molar-refractivity contribution in [1.29, 1.82) is 0 Å². The van der Waals surface area contributed by atoms with Crippen LogP contribution in [0.3, 0.4) is 0 Å². The minimum absolute atomic E-state index is 0.294. The van der Waals surface area contributed by atoms with Gasteiger partial charge in [0.05, 0.1) is 16.1 Å². The third kappa shape index (κ3) is 2.65. The van der Waals surface area contributed by atoms with E-state index in [1.54, 1.807) is 29.5 Å². The molecule has 0 spiro atoms. The number of hydrogen-bond donors (Lipinski definition) is 2. The lowest BCUT2D eigenvalue weighted by Crippen LogP contribution is -2.14. The Labute approximate surface area is 117 Å². The van der Waals surface area contributed by atoms with Gasteiger partial charge in [0.2, 0.25) is 0 Å². The maximum atomic E-state index is 11.3. The van der Waals surface area contributed by atoms with E-state index in [0.29, 0.717) is 23.6 Å². The number of halogens is 1. The van der Waals surface area contributed by atoms with Crippen molar-refractivity contribution in [1.82, 2.24) is 0 Å². The van der Waals surface area contributed by atoms with E-state index in [9.17, 15) is 4.79 Å². The normalized spacial score (nSPS) is 10.3. The highest BCUT2D eigenvalue weighted by Gasteiger charge is 2.13. The summed E-state index contributed by atoms with van der Waals surface area (Å²) >= 11 is 4.97. The smallest absolute Gasteiger partial charge is 0.252 e. The number of nitrogens with two attached hydrogens (primary N) is 2. The number of thiophene rings is 1. The lowest BCUT2D eigenvalue weighted by molar-refractivity contribution is 0.0996. The molecule has 0 aliphatic heterocycles. The average molecular weight is 327 g/mol. The van der Waals surface area contributed by atoms with E-state index in [1.165, 1.54) is 0 Å². The van der Waals surface area contributed by atoms with Gasteiger partial charge in [0, 0.05) is 4.47 Å². The SMILES string of the molecule is NC(=O)c1cccc(N)c1OCc1sccc1Br. The topological polar surface area (TPSA) is 78.3 Å². The quantitative estimate of drug-likeness (QED) is 0.848. The van der Waals surface area contributed by atoms with Crippen molar-refractivity contribution in [3.05, 3.63) is 44.6 Å². The molecule has 0 aliphatic rings. The lowest BCUT2D eigenvalue weighted by Gasteiger charge is -2.11. The number of ether oxygens (including phenoxy) is 1. The van der Waals surface area contributed by atoms with Gasteiger partial charge in [0.1, 0.15) is 6.61 Å². The summed E-state index contributed by atoms with van der Waals surface area (Å²) in [6, 6.07) is 6.87. The fourth-order valence-electron chi connectivity index (χ4n) is 1.48. The van der Waals surface area contributed by atoms with Crippen LogP contribution in [0, 0.1) is 0 Å². The Morgan fingerprint density at radius 1 is 1.39 bits per heavy atom. The van der Waals surface area contributed by atoms with E-state index in [0.717, 1.165) is 9.35 Å². The molecule has 0 bridgehead atoms. The molecule has 0 unspecified atom stereocenters. The first-order valence-electron chi connectivity index (χ1n) is 5.12. The molecular formula is C12H11BrN2O2S. The van der Waals surface area contributed by atoms with Gasteiger partial charge in [-0.3, -0.25) is 4.79 Å². The van der Waals surface area contributed by atoms with Crippen LogP contribution in [0.15, 0.2) is 34.1 Å². The summed E-state index contributed by atoms with van der Waals surface area (Å²) in [6.07, 6.45) is 0. The number of rotatable bonds is 4. The van der Waals surface area contributed by atoms with Crippen LogP contribution in [0.25, 0.3) is 0 Å². The maximum Gasteiger partial charge on any atom is 0.252 e. The van der Waals surface area contributed by atoms with Crippen molar-refractivity contribution in [3.8, 4) is 5.75 Å². The molecule has 1 heterocycles. The third-order valence-corrected chi connectivity index (χ3v) is 4.25. The first-order valence-corrected chi connectivity index (χ1v) is 6.80. The number of anilines is 1. The number of primary amides is 1. The number of amides is 1. The molecule has 1 aromatic heterocycles. The van der Waals surface area contributed by atoms with Crippen molar-refractivity contribution in [2.45, 2.75) is 6.61 Å². The van der Waals surface area contributed by atoms with Crippen LogP contribution in [0.5, 0.6) is 5.75 Å². The molecule has 6 heteroatoms. The molecule has 0 saturated carbocycles. The van der Waals surface area contributed by atoms with Gasteiger partial charge in [0.25, 0.3) is 5.91 Å². The molecule has 0 aliphatic carbocycles. The van der Waals surface area contributed by atoms with Gasteiger partial charge in [-0.1, -0.05) is 6.07 Å². The Morgan fingerprint density at radius 3 is 2.78 bits per heavy atom. The summed E-state index contributed by atoms with van der Waals surface area (Å²) in [4.78, 5) is 12.3. The van der Waals surface area contributed by atoms with Gasteiger partial charge < -0.3 is 16.2 Å². The zero-order chi connectivity index (χ0) is 13.1. The maximum absolute atomic E-state index is 11.3. The van der Waals surface area contributed by atoms with Gasteiger partial charge in [-0.2, -0.15) is 0 Å². The van der Waals surface area contributed by atoms with Crippen molar-refractivity contribution >= 4 is 38.9 Å². The number of nitrogen functional groups attached to an aromatic ring is 1. The van der Waals surface area contributed by atoms with Crippen LogP contribution in [0.1, 0.15) is 15.2 Å². The van der Waals surface area contributed by atoms with Crippen LogP contribution in [-0.4, -0.2) is 5.91 Å². The number of para-hydroxylation sites is 1. The van der Waals surface area contributed by atoms with Crippen LogP contribution in [0.4, 0.5) is 5.69 Å². The van der Waals surface area contributed by atoms with E-state index in [1.807, 2.05) is 11.4 Å². The molecule has 18 heavy (non-hydrogen) atoms. The predicted molar refractivity (Wildman–Crippen MR) is 75.7 cm³/mol. The second-order valence-electron chi connectivity index (χ2n) is 3.57. The van der Waals surface area contributed by atoms with Crippen LogP contribution in [-0.2, 0) is 6.61 Å². The van der Waals surface area contributed by atoms with Crippen molar-refractivity contribution in [3.63, 3.8) is 0 Å². The average Bonchev–Trinajstić information content (AvgIpc) is 2.73. The number of carbonyl (C=O) groups is 1. The molecule has 0 fully saturated rings. The van der Waals surface area contributed by atoms with Crippen molar-refractivity contribution < 1.29 is 9.53 Å². The molecule has 1 aromatic carbocycles. The molecule has 0 saturated heterocycles.